The molecule has 0 bridgehead atoms. The molecule has 15 heavy (non-hydrogen) atoms. The molecule has 0 aliphatic heterocycles. The summed E-state index contributed by atoms with van der Waals surface area (Å²) in [6.45, 7) is 7.25. The molecule has 0 aromatic carbocycles. The molecule has 1 aromatic rings. The van der Waals surface area contributed by atoms with Gasteiger partial charge in [-0.2, -0.15) is 0 Å². The number of rotatable bonds is 4. The number of anilines is 1. The minimum absolute atomic E-state index is 0.0673. The van der Waals surface area contributed by atoms with Crippen LogP contribution in [0.4, 0.5) is 5.82 Å². The predicted octanol–water partition coefficient (Wildman–Crippen LogP) is 2.00. The summed E-state index contributed by atoms with van der Waals surface area (Å²) in [7, 11) is 0. The Bertz CT molecular complexity index is 375. The van der Waals surface area contributed by atoms with E-state index in [1.807, 2.05) is 22.6 Å². The second kappa shape index (κ2) is 5.48. The van der Waals surface area contributed by atoms with Crippen molar-refractivity contribution in [3.8, 4) is 0 Å². The van der Waals surface area contributed by atoms with E-state index in [1.54, 1.807) is 0 Å². The number of H-pyrrole nitrogens is 1. The smallest absolute Gasteiger partial charge is 0.266 e. The molecular formula is C10H16IN3O. The molecule has 1 rings (SSSR count). The van der Waals surface area contributed by atoms with Gasteiger partial charge in [-0.1, -0.05) is 6.92 Å². The second-order valence-electron chi connectivity index (χ2n) is 3.66. The molecule has 0 fully saturated rings. The Morgan fingerprint density at radius 1 is 1.60 bits per heavy atom. The lowest BCUT2D eigenvalue weighted by Crippen LogP contribution is -2.34. The molecule has 0 aliphatic rings. The van der Waals surface area contributed by atoms with E-state index in [0.29, 0.717) is 9.61 Å². The van der Waals surface area contributed by atoms with Gasteiger partial charge >= 0.3 is 0 Å². The average Bonchev–Trinajstić information content (AvgIpc) is 2.19. The van der Waals surface area contributed by atoms with Gasteiger partial charge in [0.1, 0.15) is 9.39 Å². The molecule has 1 N–H and O–H groups in total. The van der Waals surface area contributed by atoms with E-state index in [4.69, 9.17) is 0 Å². The van der Waals surface area contributed by atoms with Crippen LogP contribution in [0.3, 0.4) is 0 Å². The van der Waals surface area contributed by atoms with E-state index in [-0.39, 0.29) is 5.56 Å². The van der Waals surface area contributed by atoms with Crippen molar-refractivity contribution in [2.75, 3.05) is 11.4 Å². The van der Waals surface area contributed by atoms with Crippen LogP contribution in [0.2, 0.25) is 0 Å². The molecular weight excluding hydrogens is 305 g/mol. The van der Waals surface area contributed by atoms with E-state index >= 15 is 0 Å². The summed E-state index contributed by atoms with van der Waals surface area (Å²) < 4.78 is 0.664. The maximum atomic E-state index is 11.4. The molecule has 1 heterocycles. The monoisotopic (exact) mass is 321 g/mol. The van der Waals surface area contributed by atoms with Gasteiger partial charge in [0, 0.05) is 12.6 Å². The van der Waals surface area contributed by atoms with Crippen molar-refractivity contribution in [2.24, 2.45) is 0 Å². The first kappa shape index (κ1) is 12.5. The van der Waals surface area contributed by atoms with Gasteiger partial charge in [-0.05, 0) is 42.9 Å². The van der Waals surface area contributed by atoms with Crippen LogP contribution in [0.1, 0.15) is 27.2 Å². The van der Waals surface area contributed by atoms with E-state index in [1.165, 1.54) is 6.33 Å². The zero-order chi connectivity index (χ0) is 11.4. The molecule has 0 spiro atoms. The van der Waals surface area contributed by atoms with Crippen molar-refractivity contribution in [2.45, 2.75) is 33.2 Å². The number of nitrogens with zero attached hydrogens (tertiary/aromatic N) is 2. The van der Waals surface area contributed by atoms with Gasteiger partial charge in [-0.3, -0.25) is 4.79 Å². The highest BCUT2D eigenvalue weighted by Gasteiger charge is 2.15. The first-order valence-corrected chi connectivity index (χ1v) is 6.15. The predicted molar refractivity (Wildman–Crippen MR) is 70.3 cm³/mol. The lowest BCUT2D eigenvalue weighted by Gasteiger charge is -2.27. The van der Waals surface area contributed by atoms with Crippen LogP contribution in [0.15, 0.2) is 11.1 Å². The van der Waals surface area contributed by atoms with Gasteiger partial charge in [0.05, 0.1) is 6.33 Å². The van der Waals surface area contributed by atoms with Gasteiger partial charge < -0.3 is 9.88 Å². The summed E-state index contributed by atoms with van der Waals surface area (Å²) in [4.78, 5) is 20.4. The lowest BCUT2D eigenvalue weighted by atomic mass is 10.3. The highest BCUT2D eigenvalue weighted by Crippen LogP contribution is 2.18. The Hall–Kier alpha value is -0.590. The Balaban J connectivity index is 3.11. The zero-order valence-electron chi connectivity index (χ0n) is 9.25. The fraction of sp³-hybridized carbons (Fsp3) is 0.600. The molecule has 0 atom stereocenters. The Morgan fingerprint density at radius 2 is 2.27 bits per heavy atom. The first-order valence-electron chi connectivity index (χ1n) is 5.07. The van der Waals surface area contributed by atoms with E-state index in [2.05, 4.69) is 35.6 Å². The minimum Gasteiger partial charge on any atom is -0.353 e. The number of nitrogens with one attached hydrogen (secondary N) is 1. The van der Waals surface area contributed by atoms with Crippen LogP contribution in [0.25, 0.3) is 0 Å². The van der Waals surface area contributed by atoms with Gasteiger partial charge in [0.15, 0.2) is 0 Å². The molecule has 0 unspecified atom stereocenters. The molecule has 0 amide bonds. The Kier molecular flexibility index (Phi) is 4.56. The molecule has 0 radical (unpaired) electrons. The fourth-order valence-corrected chi connectivity index (χ4v) is 2.03. The number of hydrogen-bond acceptors (Lipinski definition) is 3. The van der Waals surface area contributed by atoms with Crippen LogP contribution in [0.5, 0.6) is 0 Å². The van der Waals surface area contributed by atoms with Gasteiger partial charge in [0.25, 0.3) is 5.56 Å². The third-order valence-electron chi connectivity index (χ3n) is 2.14. The first-order chi connectivity index (χ1) is 7.07. The van der Waals surface area contributed by atoms with Crippen molar-refractivity contribution >= 4 is 28.4 Å². The zero-order valence-corrected chi connectivity index (χ0v) is 11.4. The lowest BCUT2D eigenvalue weighted by molar-refractivity contribution is 0.658. The number of hydrogen-bond donors (Lipinski definition) is 1. The highest BCUT2D eigenvalue weighted by atomic mass is 127. The topological polar surface area (TPSA) is 49.0 Å². The summed E-state index contributed by atoms with van der Waals surface area (Å²) in [5, 5.41) is 0. The van der Waals surface area contributed by atoms with Gasteiger partial charge in [-0.25, -0.2) is 4.98 Å². The number of aromatic nitrogens is 2. The molecule has 84 valence electrons. The summed E-state index contributed by atoms with van der Waals surface area (Å²) in [5.41, 5.74) is -0.0673. The van der Waals surface area contributed by atoms with Crippen molar-refractivity contribution in [1.82, 2.24) is 9.97 Å². The average molecular weight is 321 g/mol. The molecule has 0 saturated carbocycles. The normalized spacial score (nSPS) is 10.7. The maximum absolute atomic E-state index is 11.4. The third kappa shape index (κ3) is 2.93. The number of halogens is 1. The quantitative estimate of drug-likeness (QED) is 0.863. The van der Waals surface area contributed by atoms with Crippen molar-refractivity contribution in [1.29, 1.82) is 0 Å². The largest absolute Gasteiger partial charge is 0.353 e. The second-order valence-corrected chi connectivity index (χ2v) is 4.74. The van der Waals surface area contributed by atoms with Crippen molar-refractivity contribution < 1.29 is 0 Å². The van der Waals surface area contributed by atoms with Crippen LogP contribution in [-0.4, -0.2) is 22.6 Å². The van der Waals surface area contributed by atoms with Gasteiger partial charge in [-0.15, -0.1) is 0 Å². The van der Waals surface area contributed by atoms with Crippen molar-refractivity contribution in [3.63, 3.8) is 0 Å². The SMILES string of the molecule is CCCN(c1nc[nH]c(=O)c1I)C(C)C. The van der Waals surface area contributed by atoms with Crippen LogP contribution in [-0.2, 0) is 0 Å². The molecule has 5 heteroatoms. The van der Waals surface area contributed by atoms with Crippen molar-refractivity contribution in [3.05, 3.63) is 20.3 Å². The van der Waals surface area contributed by atoms with Crippen LogP contribution < -0.4 is 10.5 Å². The Morgan fingerprint density at radius 3 is 2.80 bits per heavy atom. The summed E-state index contributed by atoms with van der Waals surface area (Å²) in [6, 6.07) is 0.354. The van der Waals surface area contributed by atoms with E-state index in [0.717, 1.165) is 18.8 Å². The van der Waals surface area contributed by atoms with Gasteiger partial charge in [0.2, 0.25) is 0 Å². The Labute approximate surface area is 103 Å². The maximum Gasteiger partial charge on any atom is 0.266 e. The summed E-state index contributed by atoms with van der Waals surface area (Å²) in [5.74, 6) is 0.788. The molecule has 4 nitrogen and oxygen atoms in total. The third-order valence-corrected chi connectivity index (χ3v) is 3.11. The van der Waals surface area contributed by atoms with E-state index < -0.39 is 0 Å². The number of aromatic amines is 1. The van der Waals surface area contributed by atoms with Crippen LogP contribution in [0, 0.1) is 3.57 Å². The standard InChI is InChI=1S/C10H16IN3O/c1-4-5-14(7(2)3)9-8(11)10(15)13-6-12-9/h6-7H,4-5H2,1-3H3,(H,12,13,15). The summed E-state index contributed by atoms with van der Waals surface area (Å²) >= 11 is 2.05. The molecule has 1 aromatic heterocycles. The minimum atomic E-state index is -0.0673. The van der Waals surface area contributed by atoms with E-state index in [9.17, 15) is 4.79 Å². The fourth-order valence-electron chi connectivity index (χ4n) is 1.42. The van der Waals surface area contributed by atoms with Crippen LogP contribution >= 0.6 is 22.6 Å². The summed E-state index contributed by atoms with van der Waals surface area (Å²) in [6.07, 6.45) is 2.51. The molecule has 0 saturated heterocycles. The molecule has 0 aliphatic carbocycles. The highest BCUT2D eigenvalue weighted by molar-refractivity contribution is 14.1.